The maximum atomic E-state index is 12.4. The van der Waals surface area contributed by atoms with Crippen LogP contribution in [0, 0.1) is 0 Å². The summed E-state index contributed by atoms with van der Waals surface area (Å²) < 4.78 is 16.1. The van der Waals surface area contributed by atoms with Gasteiger partial charge in [-0.3, -0.25) is 14.6 Å². The van der Waals surface area contributed by atoms with Crippen molar-refractivity contribution in [3.8, 4) is 11.5 Å². The van der Waals surface area contributed by atoms with E-state index in [4.69, 9.17) is 14.2 Å². The van der Waals surface area contributed by atoms with E-state index in [0.29, 0.717) is 6.54 Å². The molecule has 1 heterocycles. The first kappa shape index (κ1) is 22.1. The lowest BCUT2D eigenvalue weighted by atomic mass is 10.1. The SMILES string of the molecule is COc1ccc(CN(C)CC(=O)Nc2ccc(CN3CCOCC3)cc2)c(OC)c1. The Morgan fingerprint density at radius 1 is 1.10 bits per heavy atom. The molecular weight excluding hydrogens is 382 g/mol. The second-order valence-corrected chi connectivity index (χ2v) is 7.48. The Bertz CT molecular complexity index is 820. The molecule has 7 nitrogen and oxygen atoms in total. The van der Waals surface area contributed by atoms with E-state index < -0.39 is 0 Å². The molecule has 1 fully saturated rings. The van der Waals surface area contributed by atoms with Gasteiger partial charge in [0, 0.05) is 43.5 Å². The summed E-state index contributed by atoms with van der Waals surface area (Å²) in [5.74, 6) is 1.44. The molecule has 0 aliphatic carbocycles. The zero-order chi connectivity index (χ0) is 21.3. The Kier molecular flexibility index (Phi) is 8.07. The molecule has 1 N–H and O–H groups in total. The fourth-order valence-corrected chi connectivity index (χ4v) is 3.49. The summed E-state index contributed by atoms with van der Waals surface area (Å²) in [6.07, 6.45) is 0. The lowest BCUT2D eigenvalue weighted by Gasteiger charge is -2.26. The van der Waals surface area contributed by atoms with Crippen molar-refractivity contribution >= 4 is 11.6 Å². The van der Waals surface area contributed by atoms with Gasteiger partial charge in [-0.2, -0.15) is 0 Å². The minimum absolute atomic E-state index is 0.0501. The van der Waals surface area contributed by atoms with Gasteiger partial charge in [0.15, 0.2) is 0 Å². The first-order valence-corrected chi connectivity index (χ1v) is 10.2. The molecule has 0 spiro atoms. The van der Waals surface area contributed by atoms with Gasteiger partial charge in [0.25, 0.3) is 0 Å². The third-order valence-corrected chi connectivity index (χ3v) is 5.10. The van der Waals surface area contributed by atoms with E-state index in [1.54, 1.807) is 14.2 Å². The fraction of sp³-hybridized carbons (Fsp3) is 0.435. The number of ether oxygens (including phenoxy) is 3. The highest BCUT2D eigenvalue weighted by atomic mass is 16.5. The van der Waals surface area contributed by atoms with Crippen molar-refractivity contribution in [3.05, 3.63) is 53.6 Å². The second-order valence-electron chi connectivity index (χ2n) is 7.48. The Morgan fingerprint density at radius 3 is 2.50 bits per heavy atom. The van der Waals surface area contributed by atoms with Gasteiger partial charge in [-0.15, -0.1) is 0 Å². The summed E-state index contributed by atoms with van der Waals surface area (Å²) in [5, 5.41) is 2.97. The van der Waals surface area contributed by atoms with Crippen molar-refractivity contribution in [2.45, 2.75) is 13.1 Å². The van der Waals surface area contributed by atoms with Gasteiger partial charge in [0.2, 0.25) is 5.91 Å². The maximum Gasteiger partial charge on any atom is 0.238 e. The minimum Gasteiger partial charge on any atom is -0.497 e. The van der Waals surface area contributed by atoms with Gasteiger partial charge in [0.05, 0.1) is 34.0 Å². The lowest BCUT2D eigenvalue weighted by Crippen LogP contribution is -2.35. The van der Waals surface area contributed by atoms with Crippen LogP contribution < -0.4 is 14.8 Å². The standard InChI is InChI=1S/C23H31N3O4/c1-25(16-19-6-9-21(28-2)14-22(19)29-3)17-23(27)24-20-7-4-18(5-8-20)15-26-10-12-30-13-11-26/h4-9,14H,10-13,15-17H2,1-3H3,(H,24,27). The van der Waals surface area contributed by atoms with Crippen LogP contribution in [0.4, 0.5) is 5.69 Å². The molecular formula is C23H31N3O4. The zero-order valence-electron chi connectivity index (χ0n) is 18.0. The minimum atomic E-state index is -0.0501. The average Bonchev–Trinajstić information content (AvgIpc) is 2.76. The summed E-state index contributed by atoms with van der Waals surface area (Å²) in [7, 11) is 5.17. The highest BCUT2D eigenvalue weighted by molar-refractivity contribution is 5.92. The smallest absolute Gasteiger partial charge is 0.238 e. The molecule has 0 unspecified atom stereocenters. The number of amides is 1. The number of hydrogen-bond donors (Lipinski definition) is 1. The highest BCUT2D eigenvalue weighted by Crippen LogP contribution is 2.25. The number of methoxy groups -OCH3 is 2. The van der Waals surface area contributed by atoms with Crippen LogP contribution in [-0.4, -0.2) is 69.8 Å². The van der Waals surface area contributed by atoms with Gasteiger partial charge >= 0.3 is 0 Å². The highest BCUT2D eigenvalue weighted by Gasteiger charge is 2.13. The number of carbonyl (C=O) groups is 1. The Hall–Kier alpha value is -2.61. The third kappa shape index (κ3) is 6.45. The molecule has 2 aromatic rings. The van der Waals surface area contributed by atoms with Crippen LogP contribution in [0.5, 0.6) is 11.5 Å². The van der Waals surface area contributed by atoms with Crippen LogP contribution in [0.25, 0.3) is 0 Å². The van der Waals surface area contributed by atoms with E-state index in [1.807, 2.05) is 42.3 Å². The van der Waals surface area contributed by atoms with Gasteiger partial charge in [-0.05, 0) is 30.8 Å². The van der Waals surface area contributed by atoms with Gasteiger partial charge < -0.3 is 19.5 Å². The van der Waals surface area contributed by atoms with E-state index in [9.17, 15) is 4.79 Å². The summed E-state index contributed by atoms with van der Waals surface area (Å²) >= 11 is 0. The van der Waals surface area contributed by atoms with E-state index in [1.165, 1.54) is 5.56 Å². The fourth-order valence-electron chi connectivity index (χ4n) is 3.49. The van der Waals surface area contributed by atoms with Crippen molar-refractivity contribution in [2.24, 2.45) is 0 Å². The number of nitrogens with zero attached hydrogens (tertiary/aromatic N) is 2. The summed E-state index contributed by atoms with van der Waals surface area (Å²) in [4.78, 5) is 16.8. The topological polar surface area (TPSA) is 63.3 Å². The molecule has 3 rings (SSSR count). The molecule has 0 atom stereocenters. The number of rotatable bonds is 9. The number of carbonyl (C=O) groups excluding carboxylic acids is 1. The van der Waals surface area contributed by atoms with Crippen molar-refractivity contribution in [1.82, 2.24) is 9.80 Å². The van der Waals surface area contributed by atoms with Crippen LogP contribution in [0.2, 0.25) is 0 Å². The van der Waals surface area contributed by atoms with Crippen molar-refractivity contribution in [1.29, 1.82) is 0 Å². The van der Waals surface area contributed by atoms with Crippen molar-refractivity contribution in [2.75, 3.05) is 59.4 Å². The van der Waals surface area contributed by atoms with E-state index in [-0.39, 0.29) is 12.5 Å². The van der Waals surface area contributed by atoms with Crippen LogP contribution in [-0.2, 0) is 22.6 Å². The molecule has 0 saturated carbocycles. The molecule has 1 aliphatic heterocycles. The monoisotopic (exact) mass is 413 g/mol. The largest absolute Gasteiger partial charge is 0.497 e. The molecule has 162 valence electrons. The first-order valence-electron chi connectivity index (χ1n) is 10.2. The van der Waals surface area contributed by atoms with Gasteiger partial charge in [-0.25, -0.2) is 0 Å². The predicted molar refractivity (Wildman–Crippen MR) is 117 cm³/mol. The lowest BCUT2D eigenvalue weighted by molar-refractivity contribution is -0.117. The molecule has 1 saturated heterocycles. The predicted octanol–water partition coefficient (Wildman–Crippen LogP) is 2.61. The number of nitrogens with one attached hydrogen (secondary N) is 1. The van der Waals surface area contributed by atoms with Gasteiger partial charge in [0.1, 0.15) is 11.5 Å². The summed E-state index contributed by atoms with van der Waals surface area (Å²) in [6.45, 7) is 5.30. The number of hydrogen-bond acceptors (Lipinski definition) is 6. The summed E-state index contributed by atoms with van der Waals surface area (Å²) in [5.41, 5.74) is 3.04. The quantitative estimate of drug-likeness (QED) is 0.682. The number of anilines is 1. The molecule has 7 heteroatoms. The van der Waals surface area contributed by atoms with Gasteiger partial charge in [-0.1, -0.05) is 18.2 Å². The van der Waals surface area contributed by atoms with E-state index in [0.717, 1.165) is 55.6 Å². The van der Waals surface area contributed by atoms with Crippen LogP contribution >= 0.6 is 0 Å². The molecule has 2 aromatic carbocycles. The Balaban J connectivity index is 1.48. The Labute approximate surface area is 178 Å². The molecule has 30 heavy (non-hydrogen) atoms. The van der Waals surface area contributed by atoms with Crippen molar-refractivity contribution < 1.29 is 19.0 Å². The average molecular weight is 414 g/mol. The van der Waals surface area contributed by atoms with E-state index >= 15 is 0 Å². The summed E-state index contributed by atoms with van der Waals surface area (Å²) in [6, 6.07) is 13.7. The van der Waals surface area contributed by atoms with Crippen LogP contribution in [0.1, 0.15) is 11.1 Å². The first-order chi connectivity index (χ1) is 14.6. The molecule has 1 aliphatic rings. The number of morpholine rings is 1. The zero-order valence-corrected chi connectivity index (χ0v) is 18.0. The molecule has 0 bridgehead atoms. The third-order valence-electron chi connectivity index (χ3n) is 5.10. The van der Waals surface area contributed by atoms with Crippen molar-refractivity contribution in [3.63, 3.8) is 0 Å². The van der Waals surface area contributed by atoms with Crippen LogP contribution in [0.15, 0.2) is 42.5 Å². The molecule has 0 radical (unpaired) electrons. The normalized spacial score (nSPS) is 14.5. The number of likely N-dealkylation sites (N-methyl/N-ethyl adjacent to an activating group) is 1. The second kappa shape index (κ2) is 11.0. The van der Waals surface area contributed by atoms with Crippen LogP contribution in [0.3, 0.4) is 0 Å². The molecule has 0 aromatic heterocycles. The number of benzene rings is 2. The molecule has 1 amide bonds. The van der Waals surface area contributed by atoms with E-state index in [2.05, 4.69) is 22.3 Å². The maximum absolute atomic E-state index is 12.4. The Morgan fingerprint density at radius 2 is 1.83 bits per heavy atom.